The normalized spacial score (nSPS) is 10.2. The maximum absolute atomic E-state index is 5.15. The van der Waals surface area contributed by atoms with Crippen LogP contribution in [-0.2, 0) is 6.54 Å². The predicted molar refractivity (Wildman–Crippen MR) is 49.0 cm³/mol. The Balaban J connectivity index is 2.88. The third-order valence-corrected chi connectivity index (χ3v) is 1.49. The summed E-state index contributed by atoms with van der Waals surface area (Å²) >= 11 is 3.17. The number of halogens is 1. The van der Waals surface area contributed by atoms with Crippen LogP contribution in [0.5, 0.6) is 0 Å². The Morgan fingerprint density at radius 1 is 1.82 bits per heavy atom. The van der Waals surface area contributed by atoms with Crippen molar-refractivity contribution in [2.75, 3.05) is 0 Å². The zero-order valence-electron chi connectivity index (χ0n) is 5.87. The van der Waals surface area contributed by atoms with Crippen molar-refractivity contribution in [3.63, 3.8) is 0 Å². The van der Waals surface area contributed by atoms with E-state index in [0.29, 0.717) is 6.54 Å². The molecule has 1 heterocycles. The van der Waals surface area contributed by atoms with Crippen LogP contribution < -0.4 is 0 Å². The Kier molecular flexibility index (Phi) is 2.94. The van der Waals surface area contributed by atoms with Crippen LogP contribution in [0.4, 0.5) is 0 Å². The molecule has 3 heteroatoms. The first-order chi connectivity index (χ1) is 5.38. The maximum atomic E-state index is 5.15. The van der Waals surface area contributed by atoms with Gasteiger partial charge in [0.2, 0.25) is 0 Å². The Morgan fingerprint density at radius 2 is 2.64 bits per heavy atom. The fraction of sp³-hybridized carbons (Fsp3) is 0.125. The molecule has 0 aliphatic rings. The molecule has 2 nitrogen and oxygen atoms in total. The number of hydrogen-bond donors (Lipinski definition) is 0. The maximum Gasteiger partial charge on any atom is 0.133 e. The molecule has 56 valence electrons. The molecule has 0 aliphatic carbocycles. The van der Waals surface area contributed by atoms with Crippen molar-refractivity contribution in [3.05, 3.63) is 23.2 Å². The number of terminal acetylenes is 1. The summed E-state index contributed by atoms with van der Waals surface area (Å²) in [6.07, 6.45) is 10.6. The summed E-state index contributed by atoms with van der Waals surface area (Å²) in [6, 6.07) is 0. The van der Waals surface area contributed by atoms with Crippen molar-refractivity contribution in [1.82, 2.24) is 9.55 Å². The molecule has 0 fully saturated rings. The number of imidazole rings is 1. The van der Waals surface area contributed by atoms with Gasteiger partial charge >= 0.3 is 0 Å². The van der Waals surface area contributed by atoms with Crippen molar-refractivity contribution in [2.45, 2.75) is 6.54 Å². The molecular formula is C8H7BrN2. The van der Waals surface area contributed by atoms with Gasteiger partial charge < -0.3 is 4.57 Å². The highest BCUT2D eigenvalue weighted by Crippen LogP contribution is 2.00. The third kappa shape index (κ3) is 1.95. The lowest BCUT2D eigenvalue weighted by atomic mass is 10.5. The van der Waals surface area contributed by atoms with E-state index in [1.165, 1.54) is 0 Å². The third-order valence-electron chi connectivity index (χ3n) is 1.22. The van der Waals surface area contributed by atoms with Crippen LogP contribution in [-0.4, -0.2) is 9.55 Å². The average molecular weight is 211 g/mol. The molecule has 1 aromatic heterocycles. The topological polar surface area (TPSA) is 17.8 Å². The van der Waals surface area contributed by atoms with E-state index in [0.717, 1.165) is 5.82 Å². The summed E-state index contributed by atoms with van der Waals surface area (Å²) in [4.78, 5) is 5.83. The zero-order chi connectivity index (χ0) is 8.10. The minimum Gasteiger partial charge on any atom is -0.320 e. The van der Waals surface area contributed by atoms with Crippen LogP contribution in [0.25, 0.3) is 6.08 Å². The van der Waals surface area contributed by atoms with Crippen LogP contribution in [0, 0.1) is 12.3 Å². The Hall–Kier alpha value is -1.01. The fourth-order valence-electron chi connectivity index (χ4n) is 0.768. The molecule has 0 radical (unpaired) electrons. The second-order valence-electron chi connectivity index (χ2n) is 1.91. The van der Waals surface area contributed by atoms with Gasteiger partial charge in [-0.15, -0.1) is 6.42 Å². The molecule has 0 bridgehead atoms. The molecule has 0 aliphatic heterocycles. The van der Waals surface area contributed by atoms with E-state index >= 15 is 0 Å². The lowest BCUT2D eigenvalue weighted by Crippen LogP contribution is -1.95. The lowest BCUT2D eigenvalue weighted by Gasteiger charge is -1.96. The molecule has 0 atom stereocenters. The lowest BCUT2D eigenvalue weighted by molar-refractivity contribution is 0.828. The molecule has 0 N–H and O–H groups in total. The number of rotatable bonds is 2. The van der Waals surface area contributed by atoms with Gasteiger partial charge in [0.05, 0.1) is 6.54 Å². The van der Waals surface area contributed by atoms with E-state index in [1.54, 1.807) is 11.2 Å². The number of nitrogens with zero attached hydrogens (tertiary/aromatic N) is 2. The van der Waals surface area contributed by atoms with Crippen LogP contribution >= 0.6 is 15.9 Å². The van der Waals surface area contributed by atoms with E-state index in [-0.39, 0.29) is 0 Å². The zero-order valence-corrected chi connectivity index (χ0v) is 7.45. The van der Waals surface area contributed by atoms with Crippen LogP contribution in [0.15, 0.2) is 17.4 Å². The van der Waals surface area contributed by atoms with Crippen molar-refractivity contribution >= 4 is 22.0 Å². The van der Waals surface area contributed by atoms with E-state index in [4.69, 9.17) is 6.42 Å². The second-order valence-corrected chi connectivity index (χ2v) is 2.44. The van der Waals surface area contributed by atoms with Gasteiger partial charge in [-0.25, -0.2) is 4.98 Å². The van der Waals surface area contributed by atoms with Gasteiger partial charge in [-0.1, -0.05) is 21.9 Å². The van der Waals surface area contributed by atoms with E-state index in [1.807, 2.05) is 16.8 Å². The molecule has 0 amide bonds. The van der Waals surface area contributed by atoms with Crippen molar-refractivity contribution in [2.24, 2.45) is 0 Å². The molecule has 0 unspecified atom stereocenters. The molecule has 1 rings (SSSR count). The first kappa shape index (κ1) is 8.09. The summed E-state index contributed by atoms with van der Waals surface area (Å²) in [6.45, 7) is 0.562. The van der Waals surface area contributed by atoms with Gasteiger partial charge in [0.25, 0.3) is 0 Å². The first-order valence-corrected chi connectivity index (χ1v) is 4.01. The smallest absolute Gasteiger partial charge is 0.133 e. The van der Waals surface area contributed by atoms with Gasteiger partial charge in [-0.3, -0.25) is 0 Å². The summed E-state index contributed by atoms with van der Waals surface area (Å²) in [7, 11) is 0. The monoisotopic (exact) mass is 210 g/mol. The van der Waals surface area contributed by atoms with Gasteiger partial charge in [-0.05, 0) is 11.1 Å². The van der Waals surface area contributed by atoms with Crippen LogP contribution in [0.1, 0.15) is 5.82 Å². The second kappa shape index (κ2) is 3.99. The molecule has 11 heavy (non-hydrogen) atoms. The van der Waals surface area contributed by atoms with Crippen molar-refractivity contribution in [1.29, 1.82) is 0 Å². The minimum absolute atomic E-state index is 0.562. The summed E-state index contributed by atoms with van der Waals surface area (Å²) in [5.41, 5.74) is 0. The summed E-state index contributed by atoms with van der Waals surface area (Å²) in [5.74, 6) is 3.40. The molecule has 0 saturated carbocycles. The average Bonchev–Trinajstić information content (AvgIpc) is 2.39. The van der Waals surface area contributed by atoms with Gasteiger partial charge in [0.1, 0.15) is 5.82 Å². The standard InChI is InChI=1S/C8H7BrN2/c1-2-6-11-7-5-10-8(11)3-4-9/h1,3-5,7H,6H2/b4-3+. The Labute approximate surface area is 74.1 Å². The highest BCUT2D eigenvalue weighted by Gasteiger charge is 1.94. The molecule has 0 saturated heterocycles. The SMILES string of the molecule is C#CCn1ccnc1/C=C/Br. The predicted octanol–water partition coefficient (Wildman–Crippen LogP) is 1.88. The molecule has 0 aromatic carbocycles. The van der Waals surface area contributed by atoms with Gasteiger partial charge in [-0.2, -0.15) is 0 Å². The Morgan fingerprint density at radius 3 is 3.27 bits per heavy atom. The van der Waals surface area contributed by atoms with E-state index < -0.39 is 0 Å². The summed E-state index contributed by atoms with van der Waals surface area (Å²) in [5, 5.41) is 0. The first-order valence-electron chi connectivity index (χ1n) is 3.10. The largest absolute Gasteiger partial charge is 0.320 e. The number of hydrogen-bond acceptors (Lipinski definition) is 1. The minimum atomic E-state index is 0.562. The van der Waals surface area contributed by atoms with Gasteiger partial charge in [0, 0.05) is 12.4 Å². The van der Waals surface area contributed by atoms with Crippen molar-refractivity contribution in [3.8, 4) is 12.3 Å². The quantitative estimate of drug-likeness (QED) is 0.683. The molecule has 1 aromatic rings. The summed E-state index contributed by atoms with van der Waals surface area (Å²) < 4.78 is 1.89. The van der Waals surface area contributed by atoms with Crippen molar-refractivity contribution < 1.29 is 0 Å². The van der Waals surface area contributed by atoms with Crippen LogP contribution in [0.3, 0.4) is 0 Å². The molecular weight excluding hydrogens is 204 g/mol. The highest BCUT2D eigenvalue weighted by atomic mass is 79.9. The van der Waals surface area contributed by atoms with E-state index in [2.05, 4.69) is 26.8 Å². The highest BCUT2D eigenvalue weighted by molar-refractivity contribution is 9.11. The Bertz CT molecular complexity index is 293. The molecule has 0 spiro atoms. The fourth-order valence-corrected chi connectivity index (χ4v) is 1.00. The van der Waals surface area contributed by atoms with Gasteiger partial charge in [0.15, 0.2) is 0 Å². The van der Waals surface area contributed by atoms with Crippen LogP contribution in [0.2, 0.25) is 0 Å². The number of aromatic nitrogens is 2. The van der Waals surface area contributed by atoms with E-state index in [9.17, 15) is 0 Å².